The van der Waals surface area contributed by atoms with E-state index in [1.54, 1.807) is 25.7 Å². The fraction of sp³-hybridized carbons (Fsp3) is 0.320. The molecule has 0 radical (unpaired) electrons. The molecular formula is C25H26N2O4S. The maximum atomic E-state index is 13.0. The molecule has 4 rings (SSSR count). The Morgan fingerprint density at radius 2 is 1.88 bits per heavy atom. The summed E-state index contributed by atoms with van der Waals surface area (Å²) in [7, 11) is 0. The third-order valence-electron chi connectivity index (χ3n) is 5.21. The topological polar surface area (TPSA) is 68.2 Å². The van der Waals surface area contributed by atoms with Crippen LogP contribution in [0.4, 0.5) is 0 Å². The second kappa shape index (κ2) is 9.61. The van der Waals surface area contributed by atoms with Gasteiger partial charge in [-0.2, -0.15) is 0 Å². The number of carbonyl (C=O) groups excluding carboxylic acids is 2. The van der Waals surface area contributed by atoms with Crippen LogP contribution in [0, 0.1) is 0 Å². The van der Waals surface area contributed by atoms with Gasteiger partial charge in [0, 0.05) is 12.2 Å². The van der Waals surface area contributed by atoms with Gasteiger partial charge in [0.25, 0.3) is 0 Å². The summed E-state index contributed by atoms with van der Waals surface area (Å²) in [5.74, 6) is 0.914. The average molecular weight is 451 g/mol. The Kier molecular flexibility index (Phi) is 6.65. The van der Waals surface area contributed by atoms with Gasteiger partial charge < -0.3 is 9.47 Å². The average Bonchev–Trinajstić information content (AvgIpc) is 2.77. The number of benzene rings is 2. The molecule has 0 spiro atoms. The molecule has 7 heteroatoms. The molecule has 0 unspecified atom stereocenters. The van der Waals surface area contributed by atoms with E-state index < -0.39 is 12.0 Å². The number of allylic oxidation sites excluding steroid dienone is 1. The Labute approximate surface area is 192 Å². The number of fused-ring (bicyclic) bond motifs is 1. The lowest BCUT2D eigenvalue weighted by atomic mass is 9.94. The molecule has 1 atom stereocenters. The van der Waals surface area contributed by atoms with Crippen LogP contribution in [0.15, 0.2) is 70.9 Å². The number of aliphatic imine (C=N–C) groups is 1. The highest BCUT2D eigenvalue weighted by atomic mass is 32.2. The minimum Gasteiger partial charge on any atom is -0.489 e. The molecule has 2 aromatic rings. The van der Waals surface area contributed by atoms with Gasteiger partial charge in [0.05, 0.1) is 23.4 Å². The predicted octanol–water partition coefficient (Wildman–Crippen LogP) is 4.87. The Morgan fingerprint density at radius 3 is 2.56 bits per heavy atom. The molecule has 6 nitrogen and oxygen atoms in total. The standard InChI is InChI=1S/C25H26N2O4S/c1-16(2)31-24(29)22-17(3)26-25-27(21(28)13-14-32-25)23(22)19-9-11-20(12-10-19)30-15-18-7-5-4-6-8-18/h4-12,16,23H,13-15H2,1-3H3/t23-/m1/s1. The molecule has 0 aliphatic carbocycles. The van der Waals surface area contributed by atoms with E-state index in [0.717, 1.165) is 11.1 Å². The Balaban J connectivity index is 1.64. The number of nitrogens with zero attached hydrogens (tertiary/aromatic N) is 2. The van der Waals surface area contributed by atoms with Crippen LogP contribution in [0.2, 0.25) is 0 Å². The minimum absolute atomic E-state index is 0.0424. The molecule has 166 valence electrons. The highest BCUT2D eigenvalue weighted by Crippen LogP contribution is 2.40. The molecule has 1 fully saturated rings. The van der Waals surface area contributed by atoms with E-state index in [1.807, 2.05) is 54.6 Å². The van der Waals surface area contributed by atoms with Gasteiger partial charge in [-0.05, 0) is 44.0 Å². The third kappa shape index (κ3) is 4.72. The summed E-state index contributed by atoms with van der Waals surface area (Å²) in [4.78, 5) is 32.1. The van der Waals surface area contributed by atoms with Crippen molar-refractivity contribution < 1.29 is 19.1 Å². The number of esters is 1. The van der Waals surface area contributed by atoms with Crippen molar-refractivity contribution in [3.8, 4) is 5.75 Å². The smallest absolute Gasteiger partial charge is 0.338 e. The van der Waals surface area contributed by atoms with Gasteiger partial charge in [-0.25, -0.2) is 9.79 Å². The Morgan fingerprint density at radius 1 is 1.16 bits per heavy atom. The number of hydrogen-bond acceptors (Lipinski definition) is 6. The Bertz CT molecular complexity index is 1060. The van der Waals surface area contributed by atoms with E-state index in [4.69, 9.17) is 9.47 Å². The fourth-order valence-electron chi connectivity index (χ4n) is 3.74. The minimum atomic E-state index is -0.572. The van der Waals surface area contributed by atoms with Crippen LogP contribution in [0.5, 0.6) is 5.75 Å². The SMILES string of the molecule is CC1=C(C(=O)OC(C)C)[C@@H](c2ccc(OCc3ccccc3)cc2)N2C(=O)CCSC2=N1. The maximum absolute atomic E-state index is 13.0. The van der Waals surface area contributed by atoms with Crippen molar-refractivity contribution >= 4 is 28.8 Å². The normalized spacial score (nSPS) is 18.4. The number of hydrogen-bond donors (Lipinski definition) is 0. The van der Waals surface area contributed by atoms with Crippen molar-refractivity contribution in [3.63, 3.8) is 0 Å². The zero-order valence-electron chi connectivity index (χ0n) is 18.4. The first-order valence-electron chi connectivity index (χ1n) is 10.7. The van der Waals surface area contributed by atoms with E-state index >= 15 is 0 Å². The lowest BCUT2D eigenvalue weighted by Crippen LogP contribution is -2.46. The lowest BCUT2D eigenvalue weighted by molar-refractivity contribution is -0.143. The van der Waals surface area contributed by atoms with Crippen molar-refractivity contribution in [1.29, 1.82) is 0 Å². The van der Waals surface area contributed by atoms with E-state index in [0.29, 0.717) is 41.0 Å². The molecule has 32 heavy (non-hydrogen) atoms. The number of amidine groups is 1. The summed E-state index contributed by atoms with van der Waals surface area (Å²) in [6, 6.07) is 16.9. The first kappa shape index (κ1) is 22.1. The lowest BCUT2D eigenvalue weighted by Gasteiger charge is -2.39. The van der Waals surface area contributed by atoms with Gasteiger partial charge in [-0.3, -0.25) is 9.69 Å². The zero-order valence-corrected chi connectivity index (χ0v) is 19.2. The maximum Gasteiger partial charge on any atom is 0.338 e. The molecule has 2 aliphatic rings. The molecular weight excluding hydrogens is 424 g/mol. The van der Waals surface area contributed by atoms with E-state index in [-0.39, 0.29) is 12.0 Å². The summed E-state index contributed by atoms with van der Waals surface area (Å²) >= 11 is 1.53. The molecule has 2 heterocycles. The monoisotopic (exact) mass is 450 g/mol. The summed E-state index contributed by atoms with van der Waals surface area (Å²) in [6.45, 7) is 5.88. The first-order chi connectivity index (χ1) is 15.4. The largest absolute Gasteiger partial charge is 0.489 e. The summed E-state index contributed by atoms with van der Waals surface area (Å²) in [6.07, 6.45) is 0.137. The van der Waals surface area contributed by atoms with Crippen LogP contribution in [-0.2, 0) is 20.9 Å². The van der Waals surface area contributed by atoms with E-state index in [9.17, 15) is 9.59 Å². The van der Waals surface area contributed by atoms with Crippen LogP contribution in [-0.4, -0.2) is 33.8 Å². The third-order valence-corrected chi connectivity index (χ3v) is 6.17. The van der Waals surface area contributed by atoms with Crippen LogP contribution in [0.3, 0.4) is 0 Å². The van der Waals surface area contributed by atoms with Crippen molar-refractivity contribution in [2.24, 2.45) is 4.99 Å². The van der Waals surface area contributed by atoms with Gasteiger partial charge in [0.2, 0.25) is 5.91 Å². The molecule has 0 saturated carbocycles. The fourth-order valence-corrected chi connectivity index (χ4v) is 4.74. The van der Waals surface area contributed by atoms with Crippen LogP contribution < -0.4 is 4.74 Å². The zero-order chi connectivity index (χ0) is 22.7. The molecule has 0 aromatic heterocycles. The van der Waals surface area contributed by atoms with Crippen molar-refractivity contribution in [2.45, 2.75) is 45.9 Å². The van der Waals surface area contributed by atoms with Crippen molar-refractivity contribution in [3.05, 3.63) is 77.0 Å². The van der Waals surface area contributed by atoms with E-state index in [2.05, 4.69) is 4.99 Å². The quantitative estimate of drug-likeness (QED) is 0.588. The van der Waals surface area contributed by atoms with Gasteiger partial charge in [0.15, 0.2) is 5.17 Å². The van der Waals surface area contributed by atoms with Gasteiger partial charge >= 0.3 is 5.97 Å². The highest BCUT2D eigenvalue weighted by molar-refractivity contribution is 8.14. The van der Waals surface area contributed by atoms with Crippen molar-refractivity contribution in [2.75, 3.05) is 5.75 Å². The summed E-state index contributed by atoms with van der Waals surface area (Å²) < 4.78 is 11.4. The highest BCUT2D eigenvalue weighted by Gasteiger charge is 2.41. The molecule has 2 aromatic carbocycles. The van der Waals surface area contributed by atoms with Gasteiger partial charge in [0.1, 0.15) is 12.4 Å². The van der Waals surface area contributed by atoms with Gasteiger partial charge in [-0.1, -0.05) is 54.2 Å². The molecule has 1 amide bonds. The molecule has 0 N–H and O–H groups in total. The van der Waals surface area contributed by atoms with Crippen LogP contribution in [0.1, 0.15) is 44.4 Å². The van der Waals surface area contributed by atoms with Crippen LogP contribution >= 0.6 is 11.8 Å². The Hall–Kier alpha value is -3.06. The number of thioether (sulfide) groups is 1. The summed E-state index contributed by atoms with van der Waals surface area (Å²) in [5, 5.41) is 0.634. The molecule has 2 aliphatic heterocycles. The molecule has 1 saturated heterocycles. The van der Waals surface area contributed by atoms with E-state index in [1.165, 1.54) is 11.8 Å². The summed E-state index contributed by atoms with van der Waals surface area (Å²) in [5.41, 5.74) is 2.88. The van der Waals surface area contributed by atoms with Crippen molar-refractivity contribution in [1.82, 2.24) is 4.90 Å². The number of carbonyl (C=O) groups is 2. The first-order valence-corrected chi connectivity index (χ1v) is 11.6. The molecule has 0 bridgehead atoms. The van der Waals surface area contributed by atoms with Gasteiger partial charge in [-0.15, -0.1) is 0 Å². The number of rotatable bonds is 6. The van der Waals surface area contributed by atoms with Crippen LogP contribution in [0.25, 0.3) is 0 Å². The second-order valence-electron chi connectivity index (χ2n) is 7.96. The second-order valence-corrected chi connectivity index (χ2v) is 9.02. The number of amides is 1. The predicted molar refractivity (Wildman–Crippen MR) is 125 cm³/mol. The number of ether oxygens (including phenoxy) is 2.